The van der Waals surface area contributed by atoms with Crippen LogP contribution in [0.3, 0.4) is 0 Å². The lowest BCUT2D eigenvalue weighted by atomic mass is 10.1. The minimum atomic E-state index is -4.60. The lowest BCUT2D eigenvalue weighted by Crippen LogP contribution is -2.17. The average Bonchev–Trinajstić information content (AvgIpc) is 2.80. The molecule has 0 aliphatic heterocycles. The molecule has 8 heteroatoms. The third kappa shape index (κ3) is 2.65. The Morgan fingerprint density at radius 1 is 1.39 bits per heavy atom. The van der Waals surface area contributed by atoms with Crippen LogP contribution in [0.2, 0.25) is 0 Å². The highest BCUT2D eigenvalue weighted by atomic mass is 19.4. The summed E-state index contributed by atoms with van der Waals surface area (Å²) in [5.74, 6) is 0. The molecule has 18 heavy (non-hydrogen) atoms. The monoisotopic (exact) mass is 258 g/mol. The number of alkyl halides is 3. The molecular weight excluding hydrogens is 249 g/mol. The first-order valence-electron chi connectivity index (χ1n) is 5.01. The summed E-state index contributed by atoms with van der Waals surface area (Å²) in [5, 5.41) is 13.5. The van der Waals surface area contributed by atoms with Crippen molar-refractivity contribution < 1.29 is 18.3 Å². The van der Waals surface area contributed by atoms with Crippen LogP contribution in [0.15, 0.2) is 31.0 Å². The molecule has 0 saturated heterocycles. The van der Waals surface area contributed by atoms with Gasteiger partial charge in [-0.2, -0.15) is 18.3 Å². The summed E-state index contributed by atoms with van der Waals surface area (Å²) in [6.07, 6.45) is -2.36. The van der Waals surface area contributed by atoms with Gasteiger partial charge in [0.25, 0.3) is 0 Å². The first-order valence-corrected chi connectivity index (χ1v) is 5.01. The fraction of sp³-hybridized carbons (Fsp3) is 0.300. The van der Waals surface area contributed by atoms with E-state index < -0.39 is 18.0 Å². The normalized spacial score (nSPS) is 13.6. The molecule has 0 radical (unpaired) electrons. The summed E-state index contributed by atoms with van der Waals surface area (Å²) in [4.78, 5) is 6.91. The molecule has 0 bridgehead atoms. The summed E-state index contributed by atoms with van der Waals surface area (Å²) in [6, 6.07) is 2.53. The van der Waals surface area contributed by atoms with Crippen LogP contribution in [0.1, 0.15) is 17.4 Å². The largest absolute Gasteiger partial charge is 0.433 e. The van der Waals surface area contributed by atoms with Gasteiger partial charge in [0.2, 0.25) is 0 Å². The minimum Gasteiger partial charge on any atom is -0.386 e. The maximum Gasteiger partial charge on any atom is 0.433 e. The molecule has 0 amide bonds. The maximum atomic E-state index is 12.7. The lowest BCUT2D eigenvalue weighted by Gasteiger charge is -2.16. The van der Waals surface area contributed by atoms with Gasteiger partial charge in [-0.1, -0.05) is 6.07 Å². The van der Waals surface area contributed by atoms with Gasteiger partial charge in [-0.05, 0) is 6.07 Å². The van der Waals surface area contributed by atoms with Crippen LogP contribution >= 0.6 is 0 Å². The van der Waals surface area contributed by atoms with Crippen molar-refractivity contribution in [3.63, 3.8) is 0 Å². The summed E-state index contributed by atoms with van der Waals surface area (Å²) in [7, 11) is 0. The van der Waals surface area contributed by atoms with E-state index in [4.69, 9.17) is 0 Å². The van der Waals surface area contributed by atoms with Gasteiger partial charge in [0, 0.05) is 11.8 Å². The van der Waals surface area contributed by atoms with E-state index in [0.29, 0.717) is 0 Å². The molecular formula is C10H9F3N4O. The molecule has 0 aliphatic carbocycles. The topological polar surface area (TPSA) is 63.8 Å². The highest BCUT2D eigenvalue weighted by Crippen LogP contribution is 2.33. The van der Waals surface area contributed by atoms with E-state index in [0.717, 1.165) is 6.20 Å². The van der Waals surface area contributed by atoms with Crippen molar-refractivity contribution in [2.24, 2.45) is 0 Å². The number of halogens is 3. The first kappa shape index (κ1) is 12.5. The SMILES string of the molecule is OC(Cn1cncn1)c1cccnc1C(F)(F)F. The van der Waals surface area contributed by atoms with E-state index in [1.165, 1.54) is 29.5 Å². The summed E-state index contributed by atoms with van der Waals surface area (Å²) < 4.78 is 39.3. The van der Waals surface area contributed by atoms with Crippen molar-refractivity contribution in [3.05, 3.63) is 42.2 Å². The Kier molecular flexibility index (Phi) is 3.28. The molecule has 2 aromatic heterocycles. The molecule has 2 aromatic rings. The second-order valence-corrected chi connectivity index (χ2v) is 3.57. The fourth-order valence-corrected chi connectivity index (χ4v) is 1.53. The Morgan fingerprint density at radius 2 is 2.17 bits per heavy atom. The maximum absolute atomic E-state index is 12.7. The Hall–Kier alpha value is -1.96. The number of aromatic nitrogens is 4. The van der Waals surface area contributed by atoms with Crippen molar-refractivity contribution in [2.45, 2.75) is 18.8 Å². The number of aliphatic hydroxyl groups is 1. The zero-order valence-electron chi connectivity index (χ0n) is 9.04. The van der Waals surface area contributed by atoms with Crippen molar-refractivity contribution >= 4 is 0 Å². The quantitative estimate of drug-likeness (QED) is 0.904. The standard InChI is InChI=1S/C10H9F3N4O/c11-10(12,13)9-7(2-1-3-15-9)8(18)4-17-6-14-5-16-17/h1-3,5-6,8,18H,4H2. The van der Waals surface area contributed by atoms with Gasteiger partial charge in [-0.3, -0.25) is 9.67 Å². The number of aliphatic hydroxyl groups excluding tert-OH is 1. The second-order valence-electron chi connectivity index (χ2n) is 3.57. The van der Waals surface area contributed by atoms with Crippen LogP contribution in [-0.4, -0.2) is 24.9 Å². The summed E-state index contributed by atoms with van der Waals surface area (Å²) >= 11 is 0. The molecule has 1 unspecified atom stereocenters. The van der Waals surface area contributed by atoms with E-state index in [1.54, 1.807) is 0 Å². The van der Waals surface area contributed by atoms with Gasteiger partial charge >= 0.3 is 6.18 Å². The number of hydrogen-bond donors (Lipinski definition) is 1. The number of hydrogen-bond acceptors (Lipinski definition) is 4. The lowest BCUT2D eigenvalue weighted by molar-refractivity contribution is -0.143. The van der Waals surface area contributed by atoms with Crippen LogP contribution in [0.5, 0.6) is 0 Å². The third-order valence-corrected chi connectivity index (χ3v) is 2.29. The molecule has 0 fully saturated rings. The van der Waals surface area contributed by atoms with Crippen molar-refractivity contribution in [1.29, 1.82) is 0 Å². The molecule has 96 valence electrons. The highest BCUT2D eigenvalue weighted by molar-refractivity contribution is 5.24. The van der Waals surface area contributed by atoms with E-state index in [-0.39, 0.29) is 12.1 Å². The van der Waals surface area contributed by atoms with Gasteiger partial charge in [-0.15, -0.1) is 0 Å². The van der Waals surface area contributed by atoms with Crippen LogP contribution in [0.25, 0.3) is 0 Å². The fourth-order valence-electron chi connectivity index (χ4n) is 1.53. The molecule has 0 saturated carbocycles. The number of pyridine rings is 1. The van der Waals surface area contributed by atoms with Crippen molar-refractivity contribution in [1.82, 2.24) is 19.7 Å². The van der Waals surface area contributed by atoms with Crippen molar-refractivity contribution in [2.75, 3.05) is 0 Å². The second kappa shape index (κ2) is 4.73. The number of rotatable bonds is 3. The van der Waals surface area contributed by atoms with Gasteiger partial charge < -0.3 is 5.11 Å². The minimum absolute atomic E-state index is 0.116. The zero-order valence-corrected chi connectivity index (χ0v) is 9.04. The Labute approximate surface area is 99.9 Å². The summed E-state index contributed by atoms with van der Waals surface area (Å²) in [6.45, 7) is -0.116. The number of nitrogens with zero attached hydrogens (tertiary/aromatic N) is 4. The van der Waals surface area contributed by atoms with Crippen LogP contribution in [0.4, 0.5) is 13.2 Å². The Morgan fingerprint density at radius 3 is 2.78 bits per heavy atom. The van der Waals surface area contributed by atoms with Crippen LogP contribution in [-0.2, 0) is 12.7 Å². The first-order chi connectivity index (χ1) is 8.48. The van der Waals surface area contributed by atoms with Gasteiger partial charge in [0.05, 0.1) is 6.54 Å². The van der Waals surface area contributed by atoms with E-state index in [2.05, 4.69) is 15.1 Å². The third-order valence-electron chi connectivity index (χ3n) is 2.29. The summed E-state index contributed by atoms with van der Waals surface area (Å²) in [5.41, 5.74) is -1.36. The molecule has 2 rings (SSSR count). The molecule has 1 atom stereocenters. The smallest absolute Gasteiger partial charge is 0.386 e. The zero-order chi connectivity index (χ0) is 13.2. The van der Waals surface area contributed by atoms with E-state index in [1.807, 2.05) is 0 Å². The molecule has 0 aromatic carbocycles. The molecule has 2 heterocycles. The molecule has 5 nitrogen and oxygen atoms in total. The Balaban J connectivity index is 2.27. The Bertz CT molecular complexity index is 512. The van der Waals surface area contributed by atoms with Crippen molar-refractivity contribution in [3.8, 4) is 0 Å². The average molecular weight is 258 g/mol. The molecule has 0 spiro atoms. The van der Waals surface area contributed by atoms with Crippen LogP contribution in [0, 0.1) is 0 Å². The predicted molar refractivity (Wildman–Crippen MR) is 54.2 cm³/mol. The predicted octanol–water partition coefficient (Wildman–Crippen LogP) is 1.43. The van der Waals surface area contributed by atoms with Gasteiger partial charge in [0.15, 0.2) is 0 Å². The van der Waals surface area contributed by atoms with E-state index in [9.17, 15) is 18.3 Å². The van der Waals surface area contributed by atoms with Gasteiger partial charge in [0.1, 0.15) is 24.5 Å². The molecule has 0 aliphatic rings. The highest BCUT2D eigenvalue weighted by Gasteiger charge is 2.36. The molecule has 1 N–H and O–H groups in total. The van der Waals surface area contributed by atoms with Crippen LogP contribution < -0.4 is 0 Å². The van der Waals surface area contributed by atoms with E-state index >= 15 is 0 Å². The van der Waals surface area contributed by atoms with Gasteiger partial charge in [-0.25, -0.2) is 4.98 Å².